The van der Waals surface area contributed by atoms with Gasteiger partial charge in [0, 0.05) is 0 Å². The van der Waals surface area contributed by atoms with Crippen LogP contribution in [0, 0.1) is 30.2 Å². The van der Waals surface area contributed by atoms with Crippen molar-refractivity contribution in [2.75, 3.05) is 0 Å². The van der Waals surface area contributed by atoms with E-state index in [1.807, 2.05) is 0 Å². The van der Waals surface area contributed by atoms with Crippen LogP contribution in [0.2, 0.25) is 0 Å². The number of hydrogen-bond donors (Lipinski definition) is 0. The van der Waals surface area contributed by atoms with Crippen molar-refractivity contribution >= 4 is 17.4 Å². The van der Waals surface area contributed by atoms with Gasteiger partial charge in [-0.1, -0.05) is 0 Å². The molecule has 0 aromatic carbocycles. The van der Waals surface area contributed by atoms with Crippen molar-refractivity contribution in [2.45, 2.75) is 0 Å². The minimum absolute atomic E-state index is 0. The summed E-state index contributed by atoms with van der Waals surface area (Å²) in [7, 11) is 0. The van der Waals surface area contributed by atoms with Gasteiger partial charge in [-0.15, -0.1) is 0 Å². The van der Waals surface area contributed by atoms with Gasteiger partial charge in [0.25, 0.3) is 0 Å². The van der Waals surface area contributed by atoms with Crippen LogP contribution in [0.25, 0.3) is 0 Å². The first kappa shape index (κ1) is 9.46. The fraction of sp³-hybridized carbons (Fsp3) is 0. The Morgan fingerprint density at radius 1 is 1.00 bits per heavy atom. The molecule has 0 atom stereocenters. The fourth-order valence-corrected chi connectivity index (χ4v) is 0. The van der Waals surface area contributed by atoms with E-state index >= 15 is 0 Å². The molecule has 0 saturated heterocycles. The standard InChI is InChI=1S/Al.La.3O.3H. The van der Waals surface area contributed by atoms with E-state index in [-0.39, 0.29) is 17.4 Å². The molecule has 0 radical (unpaired) electrons. The van der Waals surface area contributed by atoms with E-state index in [1.54, 1.807) is 0 Å². The van der Waals surface area contributed by atoms with E-state index < -0.39 is 30.2 Å². The predicted octanol–water partition coefficient (Wildman–Crippen LogP) is -1.54. The van der Waals surface area contributed by atoms with Gasteiger partial charge < -0.3 is 0 Å². The molecule has 0 rings (SSSR count). The summed E-state index contributed by atoms with van der Waals surface area (Å²) in [5.41, 5.74) is 0. The van der Waals surface area contributed by atoms with E-state index in [0.29, 0.717) is 0 Å². The molecule has 0 aliphatic carbocycles. The quantitative estimate of drug-likeness (QED) is 0.462. The van der Waals surface area contributed by atoms with Crippen LogP contribution in [-0.2, 0) is 5.09 Å². The van der Waals surface area contributed by atoms with Crippen molar-refractivity contribution < 1.29 is 35.3 Å². The molecule has 5 heavy (non-hydrogen) atoms. The summed E-state index contributed by atoms with van der Waals surface area (Å²) in [6.45, 7) is 0. The maximum absolute atomic E-state index is 8.64. The van der Waals surface area contributed by atoms with Gasteiger partial charge in [0.15, 0.2) is 17.4 Å². The molecule has 0 aromatic heterocycles. The van der Waals surface area contributed by atoms with E-state index in [9.17, 15) is 0 Å². The van der Waals surface area contributed by atoms with Gasteiger partial charge in [0.1, 0.15) is 0 Å². The Bertz CT molecular complexity index is 76.3. The predicted molar refractivity (Wildman–Crippen MR) is 12.0 cm³/mol. The summed E-state index contributed by atoms with van der Waals surface area (Å²) >= 11 is -4.47. The van der Waals surface area contributed by atoms with Gasteiger partial charge in [-0.3, -0.25) is 0 Å². The Kier molecular flexibility index (Phi) is 9.70. The third-order valence-corrected chi connectivity index (χ3v) is 0. The minimum atomic E-state index is -4.47. The van der Waals surface area contributed by atoms with Crippen LogP contribution in [0.4, 0.5) is 0 Å². The van der Waals surface area contributed by atoms with E-state index in [1.165, 1.54) is 0 Å². The summed E-state index contributed by atoms with van der Waals surface area (Å²) in [6.07, 6.45) is 0. The van der Waals surface area contributed by atoms with Crippen molar-refractivity contribution in [3.05, 3.63) is 0 Å². The van der Waals surface area contributed by atoms with Crippen LogP contribution >= 0.6 is 0 Å². The second-order valence-electron chi connectivity index (χ2n) is 0.289. The van der Waals surface area contributed by atoms with Crippen molar-refractivity contribution in [2.24, 2.45) is 0 Å². The molecular weight excluding hydrogens is 214 g/mol. The van der Waals surface area contributed by atoms with Gasteiger partial charge in [-0.05, 0) is 0 Å². The number of rotatable bonds is 0. The molecular formula is H3AlLaO3. The summed E-state index contributed by atoms with van der Waals surface area (Å²) in [4.78, 5) is 0. The van der Waals surface area contributed by atoms with Crippen molar-refractivity contribution in [3.8, 4) is 0 Å². The molecule has 0 saturated carbocycles. The first-order valence-corrected chi connectivity index (χ1v) is 5.15. The molecule has 0 N–H and O–H groups in total. The van der Waals surface area contributed by atoms with Gasteiger partial charge in [-0.25, -0.2) is 0 Å². The molecule has 0 heterocycles. The molecule has 0 bridgehead atoms. The third kappa shape index (κ3) is 39.5. The van der Waals surface area contributed by atoms with Gasteiger partial charge in [-0.2, -0.15) is 0 Å². The summed E-state index contributed by atoms with van der Waals surface area (Å²) in [6, 6.07) is 0. The van der Waals surface area contributed by atoms with Gasteiger partial charge >= 0.3 is 35.3 Å². The van der Waals surface area contributed by atoms with Crippen LogP contribution in [0.5, 0.6) is 0 Å². The van der Waals surface area contributed by atoms with Crippen LogP contribution in [0.1, 0.15) is 0 Å². The monoisotopic (exact) mass is 217 g/mol. The maximum atomic E-state index is 8.64. The molecule has 0 aliphatic rings. The Labute approximate surface area is 52.1 Å². The molecule has 0 aliphatic heterocycles. The zero-order valence-electron chi connectivity index (χ0n) is 1.80. The zero-order chi connectivity index (χ0) is 3.58. The third-order valence-electron chi connectivity index (χ3n) is 0. The average molecular weight is 217 g/mol. The molecule has 5 heteroatoms. The van der Waals surface area contributed by atoms with E-state index in [2.05, 4.69) is 0 Å². The second-order valence-corrected chi connectivity index (χ2v) is 2.10. The first-order chi connectivity index (χ1) is 1.73. The SMILES string of the molecule is [AlH3].[O]=[La](=[O])=[O]. The Morgan fingerprint density at radius 2 is 1.00 bits per heavy atom. The van der Waals surface area contributed by atoms with Crippen molar-refractivity contribution in [1.29, 1.82) is 0 Å². The van der Waals surface area contributed by atoms with Crippen LogP contribution in [0.3, 0.4) is 0 Å². The van der Waals surface area contributed by atoms with Crippen molar-refractivity contribution in [3.63, 3.8) is 0 Å². The Morgan fingerprint density at radius 3 is 1.00 bits per heavy atom. The Hall–Kier alpha value is 1.13. The fourth-order valence-electron chi connectivity index (χ4n) is 0. The Balaban J connectivity index is 0. The molecule has 0 unspecified atom stereocenters. The molecule has 27 valence electrons. The second kappa shape index (κ2) is 5.13. The van der Waals surface area contributed by atoms with Crippen molar-refractivity contribution in [1.82, 2.24) is 0 Å². The van der Waals surface area contributed by atoms with Crippen LogP contribution in [-0.4, -0.2) is 17.4 Å². The molecule has 0 spiro atoms. The van der Waals surface area contributed by atoms with E-state index in [0.717, 1.165) is 0 Å². The summed E-state index contributed by atoms with van der Waals surface area (Å²) in [5, 5.41) is 0. The molecule has 0 aromatic rings. The zero-order valence-corrected chi connectivity index (χ0v) is 5.43. The van der Waals surface area contributed by atoms with Gasteiger partial charge in [0.2, 0.25) is 0 Å². The van der Waals surface area contributed by atoms with Crippen LogP contribution < -0.4 is 0 Å². The number of hydrogen-bond acceptors (Lipinski definition) is 3. The molecule has 0 amide bonds. The summed E-state index contributed by atoms with van der Waals surface area (Å²) < 4.78 is 25.9. The van der Waals surface area contributed by atoms with E-state index in [4.69, 9.17) is 5.09 Å². The normalized spacial score (nSPS) is 3.00. The summed E-state index contributed by atoms with van der Waals surface area (Å²) in [5.74, 6) is 0. The average Bonchev–Trinajstić information content (AvgIpc) is 0.811. The topological polar surface area (TPSA) is 51.2 Å². The first-order valence-electron chi connectivity index (χ1n) is 0.707. The molecule has 0 fully saturated rings. The molecule has 3 nitrogen and oxygen atoms in total. The van der Waals surface area contributed by atoms with Crippen LogP contribution in [0.15, 0.2) is 0 Å². The van der Waals surface area contributed by atoms with Gasteiger partial charge in [0.05, 0.1) is 0 Å².